The van der Waals surface area contributed by atoms with Gasteiger partial charge in [-0.2, -0.15) is 5.10 Å². The Kier molecular flexibility index (Phi) is 4.64. The zero-order chi connectivity index (χ0) is 17.3. The molecule has 3 rings (SSSR count). The number of thiophene rings is 1. The monoisotopic (exact) mass is 347 g/mol. The minimum atomic E-state index is -0.267. The highest BCUT2D eigenvalue weighted by Gasteiger charge is 2.18. The number of fused-ring (bicyclic) bond motifs is 1. The number of halogens is 1. The zero-order valence-electron chi connectivity index (χ0n) is 13.5. The highest BCUT2D eigenvalue weighted by atomic mass is 32.1. The zero-order valence-corrected chi connectivity index (χ0v) is 14.3. The number of aromatic nitrogens is 2. The van der Waals surface area contributed by atoms with E-state index in [0.717, 1.165) is 21.5 Å². The van der Waals surface area contributed by atoms with Crippen LogP contribution in [-0.4, -0.2) is 45.9 Å². The molecule has 0 fully saturated rings. The molecule has 1 aromatic carbocycles. The standard InChI is InChI=1S/C17H18FN3O2S/c1-11-14-9-15(16(23)20(2)7-8-22)24-17(14)21(19-11)10-12-3-5-13(18)6-4-12/h3-6,9,22H,7-8,10H2,1-2H3. The van der Waals surface area contributed by atoms with Crippen molar-refractivity contribution >= 4 is 27.5 Å². The fraction of sp³-hybridized carbons (Fsp3) is 0.294. The molecule has 0 aliphatic carbocycles. The molecule has 0 saturated heterocycles. The van der Waals surface area contributed by atoms with Crippen molar-refractivity contribution in [1.82, 2.24) is 14.7 Å². The van der Waals surface area contributed by atoms with Crippen LogP contribution in [0.4, 0.5) is 4.39 Å². The third-order valence-corrected chi connectivity index (χ3v) is 4.98. The quantitative estimate of drug-likeness (QED) is 0.772. The summed E-state index contributed by atoms with van der Waals surface area (Å²) < 4.78 is 14.9. The molecule has 0 saturated carbocycles. The van der Waals surface area contributed by atoms with Gasteiger partial charge < -0.3 is 10.0 Å². The predicted molar refractivity (Wildman–Crippen MR) is 91.9 cm³/mol. The molecule has 3 aromatic rings. The van der Waals surface area contributed by atoms with Crippen molar-refractivity contribution in [3.8, 4) is 0 Å². The van der Waals surface area contributed by atoms with Gasteiger partial charge in [0.15, 0.2) is 0 Å². The fourth-order valence-corrected chi connectivity index (χ4v) is 3.68. The van der Waals surface area contributed by atoms with E-state index in [-0.39, 0.29) is 18.3 Å². The van der Waals surface area contributed by atoms with E-state index in [4.69, 9.17) is 5.11 Å². The van der Waals surface area contributed by atoms with Crippen LogP contribution in [0.1, 0.15) is 20.9 Å². The van der Waals surface area contributed by atoms with Gasteiger partial charge in [-0.1, -0.05) is 12.1 Å². The Morgan fingerprint density at radius 3 is 2.75 bits per heavy atom. The van der Waals surface area contributed by atoms with E-state index in [9.17, 15) is 9.18 Å². The van der Waals surface area contributed by atoms with E-state index in [1.54, 1.807) is 19.2 Å². The predicted octanol–water partition coefficient (Wildman–Crippen LogP) is 2.66. The smallest absolute Gasteiger partial charge is 0.263 e. The molecule has 1 amide bonds. The minimum Gasteiger partial charge on any atom is -0.395 e. The Morgan fingerprint density at radius 1 is 1.38 bits per heavy atom. The van der Waals surface area contributed by atoms with Crippen molar-refractivity contribution < 1.29 is 14.3 Å². The third-order valence-electron chi connectivity index (χ3n) is 3.85. The summed E-state index contributed by atoms with van der Waals surface area (Å²) in [7, 11) is 1.67. The van der Waals surface area contributed by atoms with E-state index in [1.807, 2.05) is 17.7 Å². The largest absolute Gasteiger partial charge is 0.395 e. The number of hydrogen-bond donors (Lipinski definition) is 1. The topological polar surface area (TPSA) is 58.4 Å². The lowest BCUT2D eigenvalue weighted by Gasteiger charge is -2.13. The second-order valence-corrected chi connectivity index (χ2v) is 6.68. The first-order valence-electron chi connectivity index (χ1n) is 7.57. The highest BCUT2D eigenvalue weighted by Crippen LogP contribution is 2.29. The highest BCUT2D eigenvalue weighted by molar-refractivity contribution is 7.20. The van der Waals surface area contributed by atoms with E-state index in [2.05, 4.69) is 5.10 Å². The molecule has 0 bridgehead atoms. The lowest BCUT2D eigenvalue weighted by molar-refractivity contribution is 0.0772. The Morgan fingerprint density at radius 2 is 2.08 bits per heavy atom. The molecule has 1 N–H and O–H groups in total. The van der Waals surface area contributed by atoms with Crippen molar-refractivity contribution in [3.05, 3.63) is 52.3 Å². The summed E-state index contributed by atoms with van der Waals surface area (Å²) in [6, 6.07) is 8.16. The molecule has 0 aliphatic heterocycles. The van der Waals surface area contributed by atoms with Crippen LogP contribution in [0.3, 0.4) is 0 Å². The van der Waals surface area contributed by atoms with Gasteiger partial charge in [-0.25, -0.2) is 4.39 Å². The number of aryl methyl sites for hydroxylation is 1. The summed E-state index contributed by atoms with van der Waals surface area (Å²) in [5.74, 6) is -0.380. The van der Waals surface area contributed by atoms with E-state index in [0.29, 0.717) is 18.0 Å². The van der Waals surface area contributed by atoms with Crippen molar-refractivity contribution in [2.45, 2.75) is 13.5 Å². The van der Waals surface area contributed by atoms with E-state index >= 15 is 0 Å². The number of hydrogen-bond acceptors (Lipinski definition) is 4. The molecule has 5 nitrogen and oxygen atoms in total. The number of carbonyl (C=O) groups is 1. The first-order chi connectivity index (χ1) is 11.5. The van der Waals surface area contributed by atoms with Gasteiger partial charge in [0.1, 0.15) is 10.6 Å². The van der Waals surface area contributed by atoms with Crippen LogP contribution >= 0.6 is 11.3 Å². The van der Waals surface area contributed by atoms with Gasteiger partial charge in [0.2, 0.25) is 0 Å². The molecule has 0 atom stereocenters. The van der Waals surface area contributed by atoms with Gasteiger partial charge in [-0.05, 0) is 30.7 Å². The van der Waals surface area contributed by atoms with Crippen molar-refractivity contribution in [2.24, 2.45) is 0 Å². The summed E-state index contributed by atoms with van der Waals surface area (Å²) in [5.41, 5.74) is 1.80. The van der Waals surface area contributed by atoms with Gasteiger partial charge in [-0.15, -0.1) is 11.3 Å². The molecular formula is C17H18FN3O2S. The Hall–Kier alpha value is -2.25. The number of aliphatic hydroxyl groups excluding tert-OH is 1. The van der Waals surface area contributed by atoms with Gasteiger partial charge in [0.25, 0.3) is 5.91 Å². The van der Waals surface area contributed by atoms with E-state index in [1.165, 1.54) is 28.4 Å². The molecule has 0 aliphatic rings. The Bertz CT molecular complexity index is 870. The second kappa shape index (κ2) is 6.70. The van der Waals surface area contributed by atoms with Gasteiger partial charge in [0, 0.05) is 19.0 Å². The molecule has 0 radical (unpaired) electrons. The van der Waals surface area contributed by atoms with Crippen LogP contribution in [0, 0.1) is 12.7 Å². The molecular weight excluding hydrogens is 329 g/mol. The summed E-state index contributed by atoms with van der Waals surface area (Å²) in [6.07, 6.45) is 0. The maximum Gasteiger partial charge on any atom is 0.263 e. The Labute approximate surface area is 142 Å². The van der Waals surface area contributed by atoms with Crippen LogP contribution in [0.2, 0.25) is 0 Å². The van der Waals surface area contributed by atoms with Crippen LogP contribution in [0.15, 0.2) is 30.3 Å². The number of likely N-dealkylation sites (N-methyl/N-ethyl adjacent to an activating group) is 1. The summed E-state index contributed by atoms with van der Waals surface area (Å²) in [6.45, 7) is 2.66. The van der Waals surface area contributed by atoms with Gasteiger partial charge in [0.05, 0.1) is 23.7 Å². The lowest BCUT2D eigenvalue weighted by Crippen LogP contribution is -2.28. The molecule has 126 valence electrons. The van der Waals surface area contributed by atoms with Crippen LogP contribution < -0.4 is 0 Å². The van der Waals surface area contributed by atoms with E-state index < -0.39 is 0 Å². The maximum absolute atomic E-state index is 13.0. The molecule has 7 heteroatoms. The number of benzene rings is 1. The third kappa shape index (κ3) is 3.18. The SMILES string of the molecule is Cc1nn(Cc2ccc(F)cc2)c2sc(C(=O)N(C)CCO)cc12. The van der Waals surface area contributed by atoms with Crippen LogP contribution in [0.5, 0.6) is 0 Å². The first kappa shape index (κ1) is 16.6. The van der Waals surface area contributed by atoms with Crippen molar-refractivity contribution in [3.63, 3.8) is 0 Å². The summed E-state index contributed by atoms with van der Waals surface area (Å²) in [5, 5.41) is 14.4. The average Bonchev–Trinajstić information content (AvgIpc) is 3.11. The molecule has 2 heterocycles. The normalized spacial score (nSPS) is 11.2. The fourth-order valence-electron chi connectivity index (χ4n) is 2.53. The maximum atomic E-state index is 13.0. The first-order valence-corrected chi connectivity index (χ1v) is 8.39. The number of carbonyl (C=O) groups excluding carboxylic acids is 1. The molecule has 24 heavy (non-hydrogen) atoms. The van der Waals surface area contributed by atoms with Gasteiger partial charge in [-0.3, -0.25) is 9.48 Å². The number of nitrogens with zero attached hydrogens (tertiary/aromatic N) is 3. The lowest BCUT2D eigenvalue weighted by atomic mass is 10.2. The van der Waals surface area contributed by atoms with Gasteiger partial charge >= 0.3 is 0 Å². The number of rotatable bonds is 5. The molecule has 2 aromatic heterocycles. The number of aliphatic hydroxyl groups is 1. The summed E-state index contributed by atoms with van der Waals surface area (Å²) >= 11 is 1.38. The average molecular weight is 347 g/mol. The van der Waals surface area contributed by atoms with Crippen LogP contribution in [0.25, 0.3) is 10.2 Å². The van der Waals surface area contributed by atoms with Crippen LogP contribution in [-0.2, 0) is 6.54 Å². The second-order valence-electron chi connectivity index (χ2n) is 5.65. The molecule has 0 spiro atoms. The number of amides is 1. The molecule has 0 unspecified atom stereocenters. The van der Waals surface area contributed by atoms with Crippen molar-refractivity contribution in [2.75, 3.05) is 20.2 Å². The minimum absolute atomic E-state index is 0.0650. The Balaban J connectivity index is 1.92. The summed E-state index contributed by atoms with van der Waals surface area (Å²) in [4.78, 5) is 15.4. The van der Waals surface area contributed by atoms with Crippen molar-refractivity contribution in [1.29, 1.82) is 0 Å².